The Bertz CT molecular complexity index is 557. The second-order valence-electron chi connectivity index (χ2n) is 3.22. The number of nitrogens with zero attached hydrogens (tertiary/aromatic N) is 3. The van der Waals surface area contributed by atoms with Gasteiger partial charge >= 0.3 is 6.01 Å². The molecule has 2 heterocycles. The normalized spacial score (nSPS) is 10.1. The molecular weight excluding hydrogens is 241 g/mol. The van der Waals surface area contributed by atoms with Gasteiger partial charge < -0.3 is 4.74 Å². The number of ether oxygens (including phenoxy) is 1. The van der Waals surface area contributed by atoms with Crippen LogP contribution in [-0.4, -0.2) is 32.7 Å². The number of aromatic nitrogens is 4. The predicted octanol–water partition coefficient (Wildman–Crippen LogP) is 0.990. The molecule has 0 saturated carbocycles. The van der Waals surface area contributed by atoms with E-state index in [9.17, 15) is 9.18 Å². The second kappa shape index (κ2) is 5.21. The quantitative estimate of drug-likeness (QED) is 0.790. The Labute approximate surface area is 101 Å². The molecule has 2 rings (SSSR count). The highest BCUT2D eigenvalue weighted by atomic mass is 19.1. The van der Waals surface area contributed by atoms with Gasteiger partial charge in [-0.2, -0.15) is 9.37 Å². The van der Waals surface area contributed by atoms with Crippen molar-refractivity contribution in [1.82, 2.24) is 20.2 Å². The lowest BCUT2D eigenvalue weighted by atomic mass is 10.2. The standard InChI is InChI=1S/C10H10FN5O2/c1-2-18-10-14-9(15-16-10)13-8(17)6-3-4-12-7(11)5-6/h3-5H,2H2,1H3,(H2,13,14,15,16,17). The topological polar surface area (TPSA) is 92.8 Å². The summed E-state index contributed by atoms with van der Waals surface area (Å²) in [6.45, 7) is 2.20. The van der Waals surface area contributed by atoms with E-state index >= 15 is 0 Å². The van der Waals surface area contributed by atoms with Crippen LogP contribution in [0.5, 0.6) is 6.01 Å². The third-order valence-corrected chi connectivity index (χ3v) is 1.96. The average Bonchev–Trinajstić information content (AvgIpc) is 2.77. The molecule has 0 radical (unpaired) electrons. The molecule has 1 amide bonds. The van der Waals surface area contributed by atoms with Gasteiger partial charge in [-0.3, -0.25) is 10.1 Å². The summed E-state index contributed by atoms with van der Waals surface area (Å²) in [5.74, 6) is -1.12. The summed E-state index contributed by atoms with van der Waals surface area (Å²) in [6, 6.07) is 2.54. The maximum absolute atomic E-state index is 12.8. The van der Waals surface area contributed by atoms with Crippen molar-refractivity contribution in [3.05, 3.63) is 29.8 Å². The second-order valence-corrected chi connectivity index (χ2v) is 3.22. The van der Waals surface area contributed by atoms with Gasteiger partial charge in [-0.15, -0.1) is 5.10 Å². The monoisotopic (exact) mass is 251 g/mol. The van der Waals surface area contributed by atoms with Gasteiger partial charge in [0.05, 0.1) is 6.61 Å². The maximum atomic E-state index is 12.8. The molecule has 0 aliphatic rings. The van der Waals surface area contributed by atoms with Crippen LogP contribution in [0.25, 0.3) is 0 Å². The Morgan fingerprint density at radius 3 is 3.17 bits per heavy atom. The number of amides is 1. The number of rotatable bonds is 4. The number of carbonyl (C=O) groups is 1. The summed E-state index contributed by atoms with van der Waals surface area (Å²) in [4.78, 5) is 18.9. The van der Waals surface area contributed by atoms with Crippen LogP contribution in [0, 0.1) is 5.95 Å². The fourth-order valence-electron chi connectivity index (χ4n) is 1.22. The lowest BCUT2D eigenvalue weighted by Crippen LogP contribution is -2.13. The number of pyridine rings is 1. The summed E-state index contributed by atoms with van der Waals surface area (Å²) in [7, 11) is 0. The number of carbonyl (C=O) groups excluding carboxylic acids is 1. The molecule has 0 aromatic carbocycles. The van der Waals surface area contributed by atoms with Crippen molar-refractivity contribution in [2.75, 3.05) is 11.9 Å². The number of H-pyrrole nitrogens is 1. The predicted molar refractivity (Wildman–Crippen MR) is 59.7 cm³/mol. The van der Waals surface area contributed by atoms with Crippen molar-refractivity contribution in [2.45, 2.75) is 6.92 Å². The smallest absolute Gasteiger partial charge is 0.337 e. The van der Waals surface area contributed by atoms with Crippen LogP contribution >= 0.6 is 0 Å². The minimum Gasteiger partial charge on any atom is -0.463 e. The highest BCUT2D eigenvalue weighted by molar-refractivity contribution is 6.03. The minimum atomic E-state index is -0.727. The molecule has 0 atom stereocenters. The van der Waals surface area contributed by atoms with Crippen LogP contribution in [0.15, 0.2) is 18.3 Å². The van der Waals surface area contributed by atoms with Crippen LogP contribution < -0.4 is 10.1 Å². The molecule has 0 aliphatic carbocycles. The lowest BCUT2D eigenvalue weighted by molar-refractivity contribution is 0.102. The third-order valence-electron chi connectivity index (χ3n) is 1.96. The first-order valence-electron chi connectivity index (χ1n) is 5.17. The van der Waals surface area contributed by atoms with E-state index in [-0.39, 0.29) is 17.5 Å². The van der Waals surface area contributed by atoms with E-state index in [1.165, 1.54) is 12.3 Å². The molecule has 2 aromatic heterocycles. The summed E-state index contributed by atoms with van der Waals surface area (Å²) in [5.41, 5.74) is 0.136. The van der Waals surface area contributed by atoms with Crippen molar-refractivity contribution < 1.29 is 13.9 Å². The molecule has 0 spiro atoms. The minimum absolute atomic E-state index is 0.126. The molecule has 18 heavy (non-hydrogen) atoms. The molecule has 0 bridgehead atoms. The van der Waals surface area contributed by atoms with Gasteiger partial charge in [0, 0.05) is 17.8 Å². The van der Waals surface area contributed by atoms with Crippen molar-refractivity contribution >= 4 is 11.9 Å². The van der Waals surface area contributed by atoms with Crippen LogP contribution in [0.1, 0.15) is 17.3 Å². The maximum Gasteiger partial charge on any atom is 0.337 e. The number of hydrogen-bond donors (Lipinski definition) is 2. The summed E-state index contributed by atoms with van der Waals surface area (Å²) in [6.07, 6.45) is 1.20. The van der Waals surface area contributed by atoms with E-state index in [0.717, 1.165) is 6.07 Å². The van der Waals surface area contributed by atoms with Crippen LogP contribution in [0.4, 0.5) is 10.3 Å². The lowest BCUT2D eigenvalue weighted by Gasteiger charge is -2.00. The Hall–Kier alpha value is -2.51. The first-order chi connectivity index (χ1) is 8.69. The Morgan fingerprint density at radius 1 is 1.61 bits per heavy atom. The number of anilines is 1. The van der Waals surface area contributed by atoms with E-state index in [0.29, 0.717) is 6.61 Å². The van der Waals surface area contributed by atoms with Crippen molar-refractivity contribution in [3.63, 3.8) is 0 Å². The summed E-state index contributed by atoms with van der Waals surface area (Å²) in [5, 5.41) is 8.61. The zero-order valence-electron chi connectivity index (χ0n) is 9.48. The van der Waals surface area contributed by atoms with E-state index in [1.54, 1.807) is 6.92 Å². The molecule has 94 valence electrons. The average molecular weight is 251 g/mol. The van der Waals surface area contributed by atoms with Gasteiger partial charge in [0.25, 0.3) is 5.91 Å². The summed E-state index contributed by atoms with van der Waals surface area (Å²) >= 11 is 0. The third kappa shape index (κ3) is 2.78. The molecule has 0 fully saturated rings. The number of halogens is 1. The van der Waals surface area contributed by atoms with Crippen molar-refractivity contribution in [3.8, 4) is 6.01 Å². The van der Waals surface area contributed by atoms with Crippen LogP contribution in [0.2, 0.25) is 0 Å². The molecule has 8 heteroatoms. The highest BCUT2D eigenvalue weighted by Gasteiger charge is 2.10. The fraction of sp³-hybridized carbons (Fsp3) is 0.200. The van der Waals surface area contributed by atoms with Gasteiger partial charge in [-0.25, -0.2) is 10.1 Å². The van der Waals surface area contributed by atoms with Crippen molar-refractivity contribution in [1.29, 1.82) is 0 Å². The number of nitrogens with one attached hydrogen (secondary N) is 2. The van der Waals surface area contributed by atoms with Gasteiger partial charge in [0.2, 0.25) is 11.9 Å². The molecule has 2 aromatic rings. The molecular formula is C10H10FN5O2. The van der Waals surface area contributed by atoms with Gasteiger partial charge in [0.1, 0.15) is 0 Å². The molecule has 7 nitrogen and oxygen atoms in total. The molecule has 0 aliphatic heterocycles. The Kier molecular flexibility index (Phi) is 3.46. The number of hydrogen-bond acceptors (Lipinski definition) is 5. The zero-order valence-corrected chi connectivity index (χ0v) is 9.48. The highest BCUT2D eigenvalue weighted by Crippen LogP contribution is 2.08. The van der Waals surface area contributed by atoms with E-state index < -0.39 is 11.9 Å². The molecule has 0 saturated heterocycles. The largest absolute Gasteiger partial charge is 0.463 e. The van der Waals surface area contributed by atoms with Gasteiger partial charge in [-0.1, -0.05) is 0 Å². The van der Waals surface area contributed by atoms with Gasteiger partial charge in [0.15, 0.2) is 0 Å². The van der Waals surface area contributed by atoms with Crippen molar-refractivity contribution in [2.24, 2.45) is 0 Å². The molecule has 0 unspecified atom stereocenters. The van der Waals surface area contributed by atoms with E-state index in [1.807, 2.05) is 0 Å². The zero-order chi connectivity index (χ0) is 13.0. The Morgan fingerprint density at radius 2 is 2.44 bits per heavy atom. The SMILES string of the molecule is CCOc1n[nH]c(NC(=O)c2ccnc(F)c2)n1. The number of aromatic amines is 1. The Balaban J connectivity index is 2.06. The van der Waals surface area contributed by atoms with E-state index in [2.05, 4.69) is 25.5 Å². The first-order valence-corrected chi connectivity index (χ1v) is 5.17. The molecule has 2 N–H and O–H groups in total. The fourth-order valence-corrected chi connectivity index (χ4v) is 1.22. The first kappa shape index (κ1) is 12.0. The van der Waals surface area contributed by atoms with Crippen LogP contribution in [-0.2, 0) is 0 Å². The summed E-state index contributed by atoms with van der Waals surface area (Å²) < 4.78 is 17.8. The van der Waals surface area contributed by atoms with Gasteiger partial charge in [-0.05, 0) is 13.0 Å². The van der Waals surface area contributed by atoms with E-state index in [4.69, 9.17) is 4.74 Å². The van der Waals surface area contributed by atoms with Crippen LogP contribution in [0.3, 0.4) is 0 Å².